The maximum atomic E-state index is 14.2. The molecule has 1 saturated heterocycles. The van der Waals surface area contributed by atoms with Crippen LogP contribution >= 0.6 is 23.2 Å². The Morgan fingerprint density at radius 3 is 2.57 bits per heavy atom. The lowest BCUT2D eigenvalue weighted by Gasteiger charge is -2.38. The summed E-state index contributed by atoms with van der Waals surface area (Å²) in [5, 5.41) is 10.3. The Kier molecular flexibility index (Phi) is 10.7. The second-order valence-electron chi connectivity index (χ2n) is 13.3. The fourth-order valence-electron chi connectivity index (χ4n) is 6.79. The van der Waals surface area contributed by atoms with Crippen LogP contribution in [0.1, 0.15) is 65.4 Å². The summed E-state index contributed by atoms with van der Waals surface area (Å²) in [6.07, 6.45) is 7.53. The summed E-state index contributed by atoms with van der Waals surface area (Å²) in [4.78, 5) is 40.3. The molecular formula is C33H43Cl2FN4O4. The highest BCUT2D eigenvalue weighted by Gasteiger charge is 2.65. The van der Waals surface area contributed by atoms with Gasteiger partial charge < -0.3 is 26.4 Å². The van der Waals surface area contributed by atoms with Crippen LogP contribution in [0.5, 0.6) is 0 Å². The van der Waals surface area contributed by atoms with E-state index in [2.05, 4.69) is 43.3 Å². The number of hydrogen-bond donors (Lipinski definition) is 4. The summed E-state index contributed by atoms with van der Waals surface area (Å²) < 4.78 is 18.5. The van der Waals surface area contributed by atoms with Gasteiger partial charge in [-0.1, -0.05) is 68.8 Å². The van der Waals surface area contributed by atoms with Crippen molar-refractivity contribution in [2.24, 2.45) is 17.1 Å². The van der Waals surface area contributed by atoms with Crippen LogP contribution in [-0.2, 0) is 24.5 Å². The number of nitrogens with one attached hydrogen (secondary N) is 3. The molecule has 11 heteroatoms. The van der Waals surface area contributed by atoms with Gasteiger partial charge in [0.15, 0.2) is 0 Å². The number of allylic oxidation sites excluding steroid dienone is 4. The minimum absolute atomic E-state index is 0.0222. The number of alkyl halides is 1. The standard InChI is InChI=1S/C33H43Cl2FN4O4/c1-18(7-6-8-21(35)17-36)27-28(29(41)38-22-10-12-23(13-11-22)44-30(42)19(2)37)40-26(16-32(3,4)5)33(27)24-14-9-20(34)15-25(24)39-31(33)43/h6-9,14-15,19,22-23,26-28,40H,1,10-13,16-17,37H2,2-5H3,(H,38,41)(H,39,43)/b7-6-,21-8+/t19-,22?,23?,26-,27+,28-,33+/m1/s1. The Morgan fingerprint density at radius 1 is 1.27 bits per heavy atom. The monoisotopic (exact) mass is 648 g/mol. The third-order valence-electron chi connectivity index (χ3n) is 8.69. The molecule has 3 aliphatic rings. The van der Waals surface area contributed by atoms with Crippen molar-refractivity contribution in [1.82, 2.24) is 10.6 Å². The summed E-state index contributed by atoms with van der Waals surface area (Å²) in [5.74, 6) is -1.60. The van der Waals surface area contributed by atoms with Gasteiger partial charge in [0, 0.05) is 33.7 Å². The number of halogens is 3. The zero-order chi connectivity index (χ0) is 32.4. The molecule has 1 aliphatic carbocycles. The highest BCUT2D eigenvalue weighted by Crippen LogP contribution is 2.55. The Balaban J connectivity index is 1.69. The average Bonchev–Trinajstić information content (AvgIpc) is 3.42. The molecule has 5 N–H and O–H groups in total. The molecule has 1 aromatic carbocycles. The molecular weight excluding hydrogens is 606 g/mol. The molecule has 2 fully saturated rings. The van der Waals surface area contributed by atoms with Crippen molar-refractivity contribution in [3.8, 4) is 0 Å². The van der Waals surface area contributed by atoms with E-state index in [0.717, 1.165) is 5.56 Å². The van der Waals surface area contributed by atoms with Crippen LogP contribution in [-0.4, -0.2) is 54.7 Å². The Morgan fingerprint density at radius 2 is 1.95 bits per heavy atom. The molecule has 0 aromatic heterocycles. The molecule has 0 bridgehead atoms. The van der Waals surface area contributed by atoms with E-state index in [4.69, 9.17) is 33.7 Å². The first kappa shape index (κ1) is 34.2. The predicted molar refractivity (Wildman–Crippen MR) is 172 cm³/mol. The first-order chi connectivity index (χ1) is 20.7. The SMILES string of the molecule is C=C(/C=C\C=C(\Cl)CF)[C@H]1[C@H](C(=O)NC2CCC(OC(=O)[C@@H](C)N)CC2)N[C@H](CC(C)(C)C)[C@]12C(=O)Nc1cc(Cl)ccc12. The van der Waals surface area contributed by atoms with Crippen molar-refractivity contribution in [2.45, 2.75) is 95.5 Å². The minimum atomic E-state index is -1.17. The van der Waals surface area contributed by atoms with Crippen molar-refractivity contribution in [2.75, 3.05) is 12.0 Å². The van der Waals surface area contributed by atoms with Crippen LogP contribution in [0.25, 0.3) is 0 Å². The summed E-state index contributed by atoms with van der Waals surface area (Å²) >= 11 is 12.2. The molecule has 0 radical (unpaired) electrons. The van der Waals surface area contributed by atoms with Crippen molar-refractivity contribution in [1.29, 1.82) is 0 Å². The molecule has 4 rings (SSSR count). The van der Waals surface area contributed by atoms with Gasteiger partial charge in [0.2, 0.25) is 11.8 Å². The number of benzene rings is 1. The van der Waals surface area contributed by atoms with E-state index in [1.807, 2.05) is 6.07 Å². The van der Waals surface area contributed by atoms with Gasteiger partial charge in [0.25, 0.3) is 0 Å². The van der Waals surface area contributed by atoms with Gasteiger partial charge in [-0.15, -0.1) is 0 Å². The Hall–Kier alpha value is -2.72. The first-order valence-electron chi connectivity index (χ1n) is 15.1. The molecule has 2 aliphatic heterocycles. The number of rotatable bonds is 9. The number of ether oxygens (including phenoxy) is 1. The van der Waals surface area contributed by atoms with Gasteiger partial charge in [0.1, 0.15) is 24.2 Å². The molecule has 240 valence electrons. The lowest BCUT2D eigenvalue weighted by molar-refractivity contribution is -0.152. The van der Waals surface area contributed by atoms with Gasteiger partial charge in [-0.25, -0.2) is 4.39 Å². The molecule has 1 spiro atoms. The fourth-order valence-corrected chi connectivity index (χ4v) is 7.03. The molecule has 44 heavy (non-hydrogen) atoms. The third kappa shape index (κ3) is 7.22. The lowest BCUT2D eigenvalue weighted by atomic mass is 9.62. The van der Waals surface area contributed by atoms with Gasteiger partial charge in [0.05, 0.1) is 6.04 Å². The number of nitrogens with two attached hydrogens (primary N) is 1. The van der Waals surface area contributed by atoms with Gasteiger partial charge >= 0.3 is 5.97 Å². The fraction of sp³-hybridized carbons (Fsp3) is 0.545. The second-order valence-corrected chi connectivity index (χ2v) is 14.3. The van der Waals surface area contributed by atoms with E-state index in [1.165, 1.54) is 6.08 Å². The normalized spacial score (nSPS) is 29.4. The zero-order valence-electron chi connectivity index (χ0n) is 25.7. The van der Waals surface area contributed by atoms with Crippen molar-refractivity contribution >= 4 is 46.7 Å². The van der Waals surface area contributed by atoms with Crippen LogP contribution in [0, 0.1) is 11.3 Å². The number of carbonyl (C=O) groups excluding carboxylic acids is 3. The molecule has 0 unspecified atom stereocenters. The zero-order valence-corrected chi connectivity index (χ0v) is 27.2. The Bertz CT molecular complexity index is 1350. The van der Waals surface area contributed by atoms with Gasteiger partial charge in [-0.3, -0.25) is 14.4 Å². The van der Waals surface area contributed by atoms with E-state index < -0.39 is 42.1 Å². The maximum absolute atomic E-state index is 14.2. The first-order valence-corrected chi connectivity index (χ1v) is 15.8. The highest BCUT2D eigenvalue weighted by molar-refractivity contribution is 6.31. The molecule has 2 amide bonds. The van der Waals surface area contributed by atoms with Crippen LogP contribution in [0.3, 0.4) is 0 Å². The molecule has 2 heterocycles. The van der Waals surface area contributed by atoms with Crippen LogP contribution < -0.4 is 21.7 Å². The topological polar surface area (TPSA) is 123 Å². The van der Waals surface area contributed by atoms with Crippen LogP contribution in [0.2, 0.25) is 5.02 Å². The van der Waals surface area contributed by atoms with Crippen molar-refractivity contribution < 1.29 is 23.5 Å². The number of anilines is 1. The van der Waals surface area contributed by atoms with E-state index >= 15 is 0 Å². The molecule has 1 aromatic rings. The summed E-state index contributed by atoms with van der Waals surface area (Å²) in [6, 6.07) is 3.27. The van der Waals surface area contributed by atoms with E-state index in [0.29, 0.717) is 48.4 Å². The summed E-state index contributed by atoms with van der Waals surface area (Å²) in [6.45, 7) is 11.4. The minimum Gasteiger partial charge on any atom is -0.461 e. The highest BCUT2D eigenvalue weighted by atomic mass is 35.5. The number of esters is 1. The van der Waals surface area contributed by atoms with Crippen LogP contribution in [0.15, 0.2) is 53.6 Å². The second kappa shape index (κ2) is 13.7. The number of fused-ring (bicyclic) bond motifs is 2. The maximum Gasteiger partial charge on any atom is 0.322 e. The number of amides is 2. The third-order valence-corrected chi connectivity index (χ3v) is 9.16. The quantitative estimate of drug-likeness (QED) is 0.209. The summed E-state index contributed by atoms with van der Waals surface area (Å²) in [7, 11) is 0. The average molecular weight is 650 g/mol. The van der Waals surface area contributed by atoms with Gasteiger partial charge in [-0.2, -0.15) is 0 Å². The van der Waals surface area contributed by atoms with E-state index in [9.17, 15) is 18.8 Å². The molecule has 5 atom stereocenters. The van der Waals surface area contributed by atoms with Crippen molar-refractivity contribution in [3.63, 3.8) is 0 Å². The summed E-state index contributed by atoms with van der Waals surface area (Å²) in [5.41, 5.74) is 6.15. The lowest BCUT2D eigenvalue weighted by Crippen LogP contribution is -2.51. The van der Waals surface area contributed by atoms with Gasteiger partial charge in [-0.05, 0) is 73.8 Å². The van der Waals surface area contributed by atoms with E-state index in [-0.39, 0.29) is 34.4 Å². The van der Waals surface area contributed by atoms with Crippen LogP contribution in [0.4, 0.5) is 10.1 Å². The smallest absolute Gasteiger partial charge is 0.322 e. The Labute approximate surface area is 269 Å². The van der Waals surface area contributed by atoms with Crippen molar-refractivity contribution in [3.05, 3.63) is 64.2 Å². The number of carbonyl (C=O) groups is 3. The number of hydrogen-bond acceptors (Lipinski definition) is 6. The largest absolute Gasteiger partial charge is 0.461 e. The predicted octanol–water partition coefficient (Wildman–Crippen LogP) is 5.45. The molecule has 1 saturated carbocycles. The van der Waals surface area contributed by atoms with E-state index in [1.54, 1.807) is 31.2 Å². The molecule has 8 nitrogen and oxygen atoms in total.